The molecule has 0 bridgehead atoms. The van der Waals surface area contributed by atoms with Crippen LogP contribution in [0, 0.1) is 5.41 Å². The Bertz CT molecular complexity index is 165. The highest BCUT2D eigenvalue weighted by Crippen LogP contribution is 2.35. The summed E-state index contributed by atoms with van der Waals surface area (Å²) in [4.78, 5) is 2.73. The van der Waals surface area contributed by atoms with Crippen LogP contribution in [-0.2, 0) is 0 Å². The highest BCUT2D eigenvalue weighted by molar-refractivity contribution is 9.09. The molecule has 0 aromatic rings. The van der Waals surface area contributed by atoms with Gasteiger partial charge in [0.15, 0.2) is 0 Å². The maximum Gasteiger partial charge on any atom is 0.01000 e. The van der Waals surface area contributed by atoms with E-state index in [0.717, 1.165) is 11.4 Å². The first-order chi connectivity index (χ1) is 7.21. The van der Waals surface area contributed by atoms with E-state index in [4.69, 9.17) is 0 Å². The monoisotopic (exact) mass is 275 g/mol. The summed E-state index contributed by atoms with van der Waals surface area (Å²) in [5.41, 5.74) is 0.512. The van der Waals surface area contributed by atoms with E-state index in [1.165, 1.54) is 45.2 Å². The Kier molecular flexibility index (Phi) is 5.62. The topological polar surface area (TPSA) is 3.24 Å². The quantitative estimate of drug-likeness (QED) is 0.604. The molecular weight excluding hydrogens is 250 g/mol. The zero-order chi connectivity index (χ0) is 11.3. The van der Waals surface area contributed by atoms with E-state index in [9.17, 15) is 0 Å². The van der Waals surface area contributed by atoms with Crippen LogP contribution in [0.4, 0.5) is 0 Å². The van der Waals surface area contributed by atoms with Crippen molar-refractivity contribution >= 4 is 15.9 Å². The minimum absolute atomic E-state index is 0.512. The molecule has 0 amide bonds. The zero-order valence-electron chi connectivity index (χ0n) is 10.6. The third-order valence-corrected chi connectivity index (χ3v) is 5.09. The van der Waals surface area contributed by atoms with Crippen LogP contribution in [0.3, 0.4) is 0 Å². The molecule has 0 atom stereocenters. The van der Waals surface area contributed by atoms with Crippen molar-refractivity contribution in [2.75, 3.05) is 18.4 Å². The third-order valence-electron chi connectivity index (χ3n) is 3.90. The van der Waals surface area contributed by atoms with E-state index in [1.54, 1.807) is 0 Å². The molecule has 1 fully saturated rings. The van der Waals surface area contributed by atoms with Crippen LogP contribution >= 0.6 is 15.9 Å². The van der Waals surface area contributed by atoms with Gasteiger partial charge in [-0.1, -0.05) is 36.7 Å². The Morgan fingerprint density at radius 1 is 1.20 bits per heavy atom. The molecule has 0 heterocycles. The molecular formula is C13H26BrN. The summed E-state index contributed by atoms with van der Waals surface area (Å²) in [5, 5.41) is 1.15. The maximum absolute atomic E-state index is 3.72. The van der Waals surface area contributed by atoms with Gasteiger partial charge in [-0.2, -0.15) is 0 Å². The Hall–Kier alpha value is 0.440. The predicted molar refractivity (Wildman–Crippen MR) is 71.7 cm³/mol. The molecule has 0 aliphatic heterocycles. The van der Waals surface area contributed by atoms with E-state index in [2.05, 4.69) is 41.6 Å². The molecule has 0 spiro atoms. The lowest BCUT2D eigenvalue weighted by Crippen LogP contribution is -2.40. The lowest BCUT2D eigenvalue weighted by Gasteiger charge is -2.36. The van der Waals surface area contributed by atoms with Crippen LogP contribution in [0.2, 0.25) is 0 Å². The van der Waals surface area contributed by atoms with E-state index in [-0.39, 0.29) is 0 Å². The first-order valence-corrected chi connectivity index (χ1v) is 7.63. The number of hydrogen-bond donors (Lipinski definition) is 0. The lowest BCUT2D eigenvalue weighted by atomic mass is 9.84. The van der Waals surface area contributed by atoms with Gasteiger partial charge in [0, 0.05) is 17.9 Å². The van der Waals surface area contributed by atoms with Crippen LogP contribution in [-0.4, -0.2) is 29.4 Å². The molecule has 0 aromatic carbocycles. The van der Waals surface area contributed by atoms with E-state index < -0.39 is 0 Å². The zero-order valence-corrected chi connectivity index (χ0v) is 12.1. The summed E-state index contributed by atoms with van der Waals surface area (Å²) in [6.07, 6.45) is 6.75. The summed E-state index contributed by atoms with van der Waals surface area (Å²) < 4.78 is 0. The molecule has 0 radical (unpaired) electrons. The first-order valence-electron chi connectivity index (χ1n) is 6.51. The highest BCUT2D eigenvalue weighted by Gasteiger charge is 2.34. The molecule has 1 nitrogen and oxygen atoms in total. The Labute approximate surface area is 104 Å². The normalized spacial score (nSPS) is 17.4. The Morgan fingerprint density at radius 3 is 2.13 bits per heavy atom. The molecule has 1 saturated carbocycles. The lowest BCUT2D eigenvalue weighted by molar-refractivity contribution is 0.151. The van der Waals surface area contributed by atoms with Crippen LogP contribution in [0.5, 0.6) is 0 Å². The van der Waals surface area contributed by atoms with Crippen molar-refractivity contribution in [3.63, 3.8) is 0 Å². The van der Waals surface area contributed by atoms with Gasteiger partial charge < -0.3 is 0 Å². The fourth-order valence-corrected chi connectivity index (χ4v) is 3.22. The van der Waals surface area contributed by atoms with Crippen LogP contribution < -0.4 is 0 Å². The Morgan fingerprint density at radius 2 is 1.80 bits per heavy atom. The molecule has 0 aromatic heterocycles. The molecule has 0 saturated heterocycles. The van der Waals surface area contributed by atoms with Gasteiger partial charge >= 0.3 is 0 Å². The third kappa shape index (κ3) is 3.74. The van der Waals surface area contributed by atoms with Gasteiger partial charge in [0.05, 0.1) is 0 Å². The molecule has 15 heavy (non-hydrogen) atoms. The molecule has 1 rings (SSSR count). The van der Waals surface area contributed by atoms with E-state index in [1.807, 2.05) is 0 Å². The fraction of sp³-hybridized carbons (Fsp3) is 1.00. The minimum atomic E-state index is 0.512. The predicted octanol–water partition coefficient (Wildman–Crippen LogP) is 4.06. The minimum Gasteiger partial charge on any atom is -0.300 e. The number of halogens is 1. The summed E-state index contributed by atoms with van der Waals surface area (Å²) >= 11 is 3.72. The molecule has 0 unspecified atom stereocenters. The summed E-state index contributed by atoms with van der Waals surface area (Å²) in [7, 11) is 0. The van der Waals surface area contributed by atoms with Gasteiger partial charge in [-0.25, -0.2) is 0 Å². The van der Waals surface area contributed by atoms with Crippen molar-refractivity contribution in [3.8, 4) is 0 Å². The number of rotatable bonds is 8. The van der Waals surface area contributed by atoms with Gasteiger partial charge in [-0.05, 0) is 44.1 Å². The summed E-state index contributed by atoms with van der Waals surface area (Å²) in [5.74, 6) is 0. The number of nitrogens with zero attached hydrogens (tertiary/aromatic N) is 1. The van der Waals surface area contributed by atoms with Crippen molar-refractivity contribution in [1.29, 1.82) is 0 Å². The van der Waals surface area contributed by atoms with Crippen LogP contribution in [0.15, 0.2) is 0 Å². The SMILES string of the molecule is CCCN(CC(CC)(CC)CBr)C1CC1. The van der Waals surface area contributed by atoms with E-state index >= 15 is 0 Å². The molecule has 0 N–H and O–H groups in total. The van der Waals surface area contributed by atoms with Crippen LogP contribution in [0.1, 0.15) is 52.9 Å². The van der Waals surface area contributed by atoms with E-state index in [0.29, 0.717) is 5.41 Å². The first kappa shape index (κ1) is 13.5. The van der Waals surface area contributed by atoms with Crippen molar-refractivity contribution in [3.05, 3.63) is 0 Å². The van der Waals surface area contributed by atoms with Crippen molar-refractivity contribution in [2.45, 2.75) is 58.9 Å². The average molecular weight is 276 g/mol. The van der Waals surface area contributed by atoms with Crippen molar-refractivity contribution in [1.82, 2.24) is 4.90 Å². The van der Waals surface area contributed by atoms with Gasteiger partial charge in [0.1, 0.15) is 0 Å². The fourth-order valence-electron chi connectivity index (χ4n) is 2.25. The van der Waals surface area contributed by atoms with Gasteiger partial charge in [-0.15, -0.1) is 0 Å². The Balaban J connectivity index is 2.52. The van der Waals surface area contributed by atoms with Crippen molar-refractivity contribution in [2.24, 2.45) is 5.41 Å². The second-order valence-electron chi connectivity index (χ2n) is 5.04. The molecule has 1 aliphatic carbocycles. The molecule has 1 aliphatic rings. The number of hydrogen-bond acceptors (Lipinski definition) is 1. The number of alkyl halides is 1. The van der Waals surface area contributed by atoms with Gasteiger partial charge in [0.25, 0.3) is 0 Å². The average Bonchev–Trinajstić information content (AvgIpc) is 3.09. The molecule has 2 heteroatoms. The standard InChI is InChI=1S/C13H26BrN/c1-4-9-15(12-7-8-12)11-13(5-2,6-3)10-14/h12H,4-11H2,1-3H3. The summed E-state index contributed by atoms with van der Waals surface area (Å²) in [6.45, 7) is 9.55. The second kappa shape index (κ2) is 6.24. The van der Waals surface area contributed by atoms with Crippen molar-refractivity contribution < 1.29 is 0 Å². The largest absolute Gasteiger partial charge is 0.300 e. The smallest absolute Gasteiger partial charge is 0.01000 e. The highest BCUT2D eigenvalue weighted by atomic mass is 79.9. The summed E-state index contributed by atoms with van der Waals surface area (Å²) in [6, 6.07) is 0.918. The maximum atomic E-state index is 3.72. The van der Waals surface area contributed by atoms with Gasteiger partial charge in [-0.3, -0.25) is 4.90 Å². The van der Waals surface area contributed by atoms with Crippen LogP contribution in [0.25, 0.3) is 0 Å². The van der Waals surface area contributed by atoms with Gasteiger partial charge in [0.2, 0.25) is 0 Å². The second-order valence-corrected chi connectivity index (χ2v) is 5.60. The molecule has 90 valence electrons.